The summed E-state index contributed by atoms with van der Waals surface area (Å²) in [5.41, 5.74) is 8.99. The number of phenols is 1. The van der Waals surface area contributed by atoms with E-state index >= 15 is 0 Å². The number of aryl methyl sites for hydroxylation is 1. The molecule has 1 aromatic carbocycles. The van der Waals surface area contributed by atoms with Crippen LogP contribution in [0.15, 0.2) is 30.5 Å². The van der Waals surface area contributed by atoms with Crippen molar-refractivity contribution in [1.82, 2.24) is 9.97 Å². The Hall–Kier alpha value is -1.94. The second kappa shape index (κ2) is 3.82. The van der Waals surface area contributed by atoms with Crippen molar-refractivity contribution in [3.63, 3.8) is 0 Å². The summed E-state index contributed by atoms with van der Waals surface area (Å²) in [5, 5.41) is 9.24. The minimum Gasteiger partial charge on any atom is -0.508 e. The van der Waals surface area contributed by atoms with E-state index in [2.05, 4.69) is 9.97 Å². The molecule has 1 unspecified atom stereocenters. The Morgan fingerprint density at radius 1 is 1.24 bits per heavy atom. The zero-order valence-corrected chi connectivity index (χ0v) is 9.30. The molecular weight excluding hydrogens is 214 g/mol. The molecule has 3 N–H and O–H groups in total. The molecule has 0 aliphatic heterocycles. The van der Waals surface area contributed by atoms with Gasteiger partial charge in [-0.2, -0.15) is 0 Å². The summed E-state index contributed by atoms with van der Waals surface area (Å²) in [6.07, 6.45) is 3.77. The summed E-state index contributed by atoms with van der Waals surface area (Å²) in [4.78, 5) is 8.85. The maximum absolute atomic E-state index is 9.24. The zero-order valence-electron chi connectivity index (χ0n) is 9.30. The van der Waals surface area contributed by atoms with Crippen molar-refractivity contribution in [2.75, 3.05) is 0 Å². The van der Waals surface area contributed by atoms with Crippen LogP contribution in [-0.4, -0.2) is 15.1 Å². The summed E-state index contributed by atoms with van der Waals surface area (Å²) in [7, 11) is 0. The molecule has 4 nitrogen and oxygen atoms in total. The van der Waals surface area contributed by atoms with Crippen LogP contribution in [0.4, 0.5) is 0 Å². The third-order valence-corrected chi connectivity index (χ3v) is 3.10. The van der Waals surface area contributed by atoms with Crippen molar-refractivity contribution in [2.45, 2.75) is 18.9 Å². The van der Waals surface area contributed by atoms with Crippen molar-refractivity contribution in [2.24, 2.45) is 5.73 Å². The van der Waals surface area contributed by atoms with Crippen LogP contribution in [0.2, 0.25) is 0 Å². The SMILES string of the molecule is NC1CCc2cnc(-c3ccc(O)cc3)nc21. The zero-order chi connectivity index (χ0) is 11.8. The first-order chi connectivity index (χ1) is 8.24. The van der Waals surface area contributed by atoms with Crippen LogP contribution in [0, 0.1) is 0 Å². The normalized spacial score (nSPS) is 18.1. The molecule has 86 valence electrons. The van der Waals surface area contributed by atoms with Crippen LogP contribution in [-0.2, 0) is 6.42 Å². The molecule has 0 saturated heterocycles. The van der Waals surface area contributed by atoms with Gasteiger partial charge in [0.25, 0.3) is 0 Å². The van der Waals surface area contributed by atoms with E-state index < -0.39 is 0 Å². The highest BCUT2D eigenvalue weighted by Gasteiger charge is 2.21. The molecule has 0 bridgehead atoms. The molecule has 17 heavy (non-hydrogen) atoms. The lowest BCUT2D eigenvalue weighted by Crippen LogP contribution is -2.08. The molecule has 4 heteroatoms. The number of hydrogen-bond donors (Lipinski definition) is 2. The Morgan fingerprint density at radius 3 is 2.76 bits per heavy atom. The number of aromatic hydroxyl groups is 1. The monoisotopic (exact) mass is 227 g/mol. The molecule has 0 spiro atoms. The van der Waals surface area contributed by atoms with E-state index in [0.29, 0.717) is 5.82 Å². The number of aromatic nitrogens is 2. The number of rotatable bonds is 1. The summed E-state index contributed by atoms with van der Waals surface area (Å²) < 4.78 is 0. The van der Waals surface area contributed by atoms with Gasteiger partial charge in [0.2, 0.25) is 0 Å². The van der Waals surface area contributed by atoms with E-state index in [-0.39, 0.29) is 11.8 Å². The molecule has 1 atom stereocenters. The maximum Gasteiger partial charge on any atom is 0.159 e. The molecule has 1 aliphatic carbocycles. The third kappa shape index (κ3) is 1.76. The number of nitrogens with two attached hydrogens (primary N) is 1. The predicted octanol–water partition coefficient (Wildman–Crippen LogP) is 1.80. The van der Waals surface area contributed by atoms with Gasteiger partial charge in [0, 0.05) is 17.8 Å². The summed E-state index contributed by atoms with van der Waals surface area (Å²) in [6, 6.07) is 6.90. The second-order valence-corrected chi connectivity index (χ2v) is 4.30. The number of phenolic OH excluding ortho intramolecular Hbond substituents is 1. The van der Waals surface area contributed by atoms with E-state index in [0.717, 1.165) is 29.7 Å². The van der Waals surface area contributed by atoms with Gasteiger partial charge in [-0.15, -0.1) is 0 Å². The maximum atomic E-state index is 9.24. The average Bonchev–Trinajstić information content (AvgIpc) is 2.72. The summed E-state index contributed by atoms with van der Waals surface area (Å²) in [5.74, 6) is 0.910. The number of benzene rings is 1. The molecule has 0 fully saturated rings. The van der Waals surface area contributed by atoms with Crippen molar-refractivity contribution in [3.05, 3.63) is 41.7 Å². The first-order valence-electron chi connectivity index (χ1n) is 5.65. The lowest BCUT2D eigenvalue weighted by Gasteiger charge is -2.06. The van der Waals surface area contributed by atoms with Gasteiger partial charge in [-0.1, -0.05) is 0 Å². The van der Waals surface area contributed by atoms with Gasteiger partial charge in [0.05, 0.1) is 5.69 Å². The number of nitrogens with zero attached hydrogens (tertiary/aromatic N) is 2. The van der Waals surface area contributed by atoms with Gasteiger partial charge >= 0.3 is 0 Å². The average molecular weight is 227 g/mol. The number of fused-ring (bicyclic) bond motifs is 1. The fourth-order valence-electron chi connectivity index (χ4n) is 2.13. The third-order valence-electron chi connectivity index (χ3n) is 3.10. The first kappa shape index (κ1) is 10.2. The summed E-state index contributed by atoms with van der Waals surface area (Å²) in [6.45, 7) is 0. The van der Waals surface area contributed by atoms with Gasteiger partial charge in [-0.05, 0) is 42.7 Å². The molecule has 0 saturated carbocycles. The first-order valence-corrected chi connectivity index (χ1v) is 5.65. The van der Waals surface area contributed by atoms with E-state index in [1.165, 1.54) is 0 Å². The smallest absolute Gasteiger partial charge is 0.159 e. The minimum absolute atomic E-state index is 0.0314. The second-order valence-electron chi connectivity index (χ2n) is 4.30. The van der Waals surface area contributed by atoms with Crippen molar-refractivity contribution in [1.29, 1.82) is 0 Å². The van der Waals surface area contributed by atoms with Crippen molar-refractivity contribution < 1.29 is 5.11 Å². The van der Waals surface area contributed by atoms with Crippen LogP contribution in [0.5, 0.6) is 5.75 Å². The molecule has 1 heterocycles. The Morgan fingerprint density at radius 2 is 2.00 bits per heavy atom. The standard InChI is InChI=1S/C13H13N3O/c14-11-6-3-9-7-15-13(16-12(9)11)8-1-4-10(17)5-2-8/h1-2,4-5,7,11,17H,3,6,14H2. The van der Waals surface area contributed by atoms with Gasteiger partial charge < -0.3 is 10.8 Å². The van der Waals surface area contributed by atoms with E-state index in [9.17, 15) is 5.11 Å². The van der Waals surface area contributed by atoms with Crippen LogP contribution in [0.1, 0.15) is 23.7 Å². The Bertz CT molecular complexity index is 551. The van der Waals surface area contributed by atoms with Gasteiger partial charge in [0.1, 0.15) is 5.75 Å². The highest BCUT2D eigenvalue weighted by molar-refractivity contribution is 5.56. The van der Waals surface area contributed by atoms with Crippen LogP contribution < -0.4 is 5.73 Å². The van der Waals surface area contributed by atoms with Gasteiger partial charge in [-0.25, -0.2) is 9.97 Å². The van der Waals surface area contributed by atoms with Gasteiger partial charge in [-0.3, -0.25) is 0 Å². The number of hydrogen-bond acceptors (Lipinski definition) is 4. The van der Waals surface area contributed by atoms with E-state index in [1.54, 1.807) is 24.3 Å². The summed E-state index contributed by atoms with van der Waals surface area (Å²) >= 11 is 0. The van der Waals surface area contributed by atoms with Crippen LogP contribution >= 0.6 is 0 Å². The molecule has 3 rings (SSSR count). The van der Waals surface area contributed by atoms with Crippen molar-refractivity contribution >= 4 is 0 Å². The lowest BCUT2D eigenvalue weighted by molar-refractivity contribution is 0.475. The Kier molecular flexibility index (Phi) is 2.30. The fraction of sp³-hybridized carbons (Fsp3) is 0.231. The molecule has 1 aromatic heterocycles. The molecule has 1 aliphatic rings. The predicted molar refractivity (Wildman–Crippen MR) is 64.4 cm³/mol. The minimum atomic E-state index is 0.0314. The Balaban J connectivity index is 2.05. The van der Waals surface area contributed by atoms with Crippen LogP contribution in [0.25, 0.3) is 11.4 Å². The Labute approximate surface area is 99.2 Å². The molecular formula is C13H13N3O. The molecule has 0 radical (unpaired) electrons. The highest BCUT2D eigenvalue weighted by Crippen LogP contribution is 2.28. The topological polar surface area (TPSA) is 72.0 Å². The molecule has 0 amide bonds. The van der Waals surface area contributed by atoms with Crippen molar-refractivity contribution in [3.8, 4) is 17.1 Å². The van der Waals surface area contributed by atoms with Gasteiger partial charge in [0.15, 0.2) is 5.82 Å². The highest BCUT2D eigenvalue weighted by atomic mass is 16.3. The lowest BCUT2D eigenvalue weighted by atomic mass is 10.2. The molecule has 2 aromatic rings. The quantitative estimate of drug-likeness (QED) is 0.779. The van der Waals surface area contributed by atoms with Crippen LogP contribution in [0.3, 0.4) is 0 Å². The van der Waals surface area contributed by atoms with E-state index in [1.807, 2.05) is 6.20 Å². The fourth-order valence-corrected chi connectivity index (χ4v) is 2.13. The van der Waals surface area contributed by atoms with E-state index in [4.69, 9.17) is 5.73 Å². The largest absolute Gasteiger partial charge is 0.508 e.